The second-order valence-corrected chi connectivity index (χ2v) is 7.62. The average Bonchev–Trinajstić information content (AvgIpc) is 3.47. The van der Waals surface area contributed by atoms with Crippen LogP contribution in [0.1, 0.15) is 5.56 Å². The number of amides is 1. The molecule has 9 heteroatoms. The first kappa shape index (κ1) is 17.9. The summed E-state index contributed by atoms with van der Waals surface area (Å²) in [5, 5.41) is 12.3. The molecule has 29 heavy (non-hydrogen) atoms. The number of ether oxygens (including phenoxy) is 2. The Morgan fingerprint density at radius 1 is 1.07 bits per heavy atom. The molecule has 0 spiro atoms. The maximum atomic E-state index is 12.3. The second kappa shape index (κ2) is 7.67. The molecule has 0 unspecified atom stereocenters. The minimum absolute atomic E-state index is 0.0528. The zero-order chi connectivity index (χ0) is 19.6. The van der Waals surface area contributed by atoms with Gasteiger partial charge in [-0.15, -0.1) is 10.2 Å². The van der Waals surface area contributed by atoms with Gasteiger partial charge in [0.15, 0.2) is 16.7 Å². The Balaban J connectivity index is 1.17. The quantitative estimate of drug-likeness (QED) is 0.627. The number of carbonyl (C=O) groups is 1. The fourth-order valence-corrected chi connectivity index (χ4v) is 4.16. The van der Waals surface area contributed by atoms with Gasteiger partial charge < -0.3 is 19.7 Å². The lowest BCUT2D eigenvalue weighted by Gasteiger charge is -2.14. The van der Waals surface area contributed by atoms with Gasteiger partial charge in [-0.3, -0.25) is 9.36 Å². The van der Waals surface area contributed by atoms with Crippen molar-refractivity contribution in [3.05, 3.63) is 54.1 Å². The lowest BCUT2D eigenvalue weighted by molar-refractivity contribution is -0.118. The van der Waals surface area contributed by atoms with E-state index in [1.807, 2.05) is 36.4 Å². The number of aromatic nitrogens is 3. The normalized spacial score (nSPS) is 14.1. The van der Waals surface area contributed by atoms with Crippen molar-refractivity contribution in [1.29, 1.82) is 0 Å². The molecule has 3 aromatic rings. The molecular weight excluding hydrogens is 390 g/mol. The molecule has 0 bridgehead atoms. The molecule has 2 aliphatic heterocycles. The molecule has 1 aromatic heterocycles. The first-order valence-electron chi connectivity index (χ1n) is 9.32. The first-order valence-corrected chi connectivity index (χ1v) is 10.3. The summed E-state index contributed by atoms with van der Waals surface area (Å²) in [6.45, 7) is 2.33. The summed E-state index contributed by atoms with van der Waals surface area (Å²) in [5.41, 5.74) is 2.06. The Morgan fingerprint density at radius 3 is 2.83 bits per heavy atom. The third-order valence-electron chi connectivity index (χ3n) is 4.81. The Labute approximate surface area is 171 Å². The van der Waals surface area contributed by atoms with Crippen LogP contribution in [0.15, 0.2) is 53.7 Å². The van der Waals surface area contributed by atoms with Crippen molar-refractivity contribution in [2.24, 2.45) is 0 Å². The van der Waals surface area contributed by atoms with Crippen LogP contribution in [-0.4, -0.2) is 39.8 Å². The lowest BCUT2D eigenvalue weighted by Crippen LogP contribution is -2.24. The number of rotatable bonds is 6. The van der Waals surface area contributed by atoms with Crippen LogP contribution in [0, 0.1) is 0 Å². The van der Waals surface area contributed by atoms with E-state index in [9.17, 15) is 4.79 Å². The maximum Gasteiger partial charge on any atom is 0.232 e. The highest BCUT2D eigenvalue weighted by atomic mass is 32.2. The van der Waals surface area contributed by atoms with Gasteiger partial charge >= 0.3 is 0 Å². The van der Waals surface area contributed by atoms with E-state index in [4.69, 9.17) is 9.47 Å². The average molecular weight is 409 g/mol. The monoisotopic (exact) mass is 409 g/mol. The summed E-state index contributed by atoms with van der Waals surface area (Å²) in [7, 11) is 0. The zero-order valence-corrected chi connectivity index (χ0v) is 16.4. The molecule has 0 atom stereocenters. The van der Waals surface area contributed by atoms with Crippen LogP contribution in [0.25, 0.3) is 0 Å². The van der Waals surface area contributed by atoms with Crippen LogP contribution in [0.5, 0.6) is 11.5 Å². The van der Waals surface area contributed by atoms with Crippen molar-refractivity contribution in [2.75, 3.05) is 24.0 Å². The van der Waals surface area contributed by atoms with Crippen LogP contribution in [0.3, 0.4) is 0 Å². The van der Waals surface area contributed by atoms with Crippen molar-refractivity contribution in [2.45, 2.75) is 18.2 Å². The maximum absolute atomic E-state index is 12.3. The number of carbonyl (C=O) groups excluding carboxylic acids is 1. The van der Waals surface area contributed by atoms with Gasteiger partial charge in [-0.25, -0.2) is 0 Å². The van der Waals surface area contributed by atoms with Gasteiger partial charge in [-0.1, -0.05) is 36.0 Å². The molecule has 0 radical (unpaired) electrons. The van der Waals surface area contributed by atoms with E-state index in [-0.39, 0.29) is 18.5 Å². The third-order valence-corrected chi connectivity index (χ3v) is 5.78. The van der Waals surface area contributed by atoms with E-state index in [2.05, 4.69) is 37.1 Å². The van der Waals surface area contributed by atoms with Gasteiger partial charge in [0.1, 0.15) is 0 Å². The van der Waals surface area contributed by atoms with Crippen LogP contribution in [0.2, 0.25) is 0 Å². The highest BCUT2D eigenvalue weighted by Crippen LogP contribution is 2.33. The van der Waals surface area contributed by atoms with E-state index in [1.165, 1.54) is 11.8 Å². The summed E-state index contributed by atoms with van der Waals surface area (Å²) >= 11 is 1.40. The topological polar surface area (TPSA) is 81.5 Å². The minimum atomic E-state index is -0.0528. The standard InChI is InChI=1S/C20H19N5O3S/c26-18(21-11-14-6-7-16-17(10-14)28-13-27-16)12-29-20-23-22-19-24(8-9-25(19)20)15-4-2-1-3-5-15/h1-7,10H,8-9,11-13H2,(H,21,26). The SMILES string of the molecule is O=C(CSc1nnc2n1CCN2c1ccccc1)NCc1ccc2c(c1)OCO2. The third kappa shape index (κ3) is 3.61. The molecule has 3 heterocycles. The van der Waals surface area contributed by atoms with E-state index >= 15 is 0 Å². The number of hydrogen-bond donors (Lipinski definition) is 1. The fourth-order valence-electron chi connectivity index (χ4n) is 3.37. The highest BCUT2D eigenvalue weighted by Gasteiger charge is 2.26. The predicted molar refractivity (Wildman–Crippen MR) is 109 cm³/mol. The van der Waals surface area contributed by atoms with Crippen molar-refractivity contribution in [3.8, 4) is 11.5 Å². The predicted octanol–water partition coefficient (Wildman–Crippen LogP) is 2.57. The van der Waals surface area contributed by atoms with Gasteiger partial charge in [0.05, 0.1) is 5.75 Å². The van der Waals surface area contributed by atoms with Crippen LogP contribution in [-0.2, 0) is 17.9 Å². The van der Waals surface area contributed by atoms with Crippen LogP contribution < -0.4 is 19.7 Å². The van der Waals surface area contributed by atoms with Crippen molar-refractivity contribution in [3.63, 3.8) is 0 Å². The minimum Gasteiger partial charge on any atom is -0.454 e. The molecule has 0 fully saturated rings. The summed E-state index contributed by atoms with van der Waals surface area (Å²) in [4.78, 5) is 14.4. The Bertz CT molecular complexity index is 1040. The molecule has 2 aliphatic rings. The number of benzene rings is 2. The lowest BCUT2D eigenvalue weighted by atomic mass is 10.2. The van der Waals surface area contributed by atoms with Crippen molar-refractivity contribution < 1.29 is 14.3 Å². The molecule has 0 aliphatic carbocycles. The van der Waals surface area contributed by atoms with E-state index in [0.29, 0.717) is 12.3 Å². The molecule has 1 N–H and O–H groups in total. The second-order valence-electron chi connectivity index (χ2n) is 6.67. The van der Waals surface area contributed by atoms with Crippen molar-refractivity contribution >= 4 is 29.3 Å². The number of nitrogens with one attached hydrogen (secondary N) is 1. The number of fused-ring (bicyclic) bond motifs is 2. The number of hydrogen-bond acceptors (Lipinski definition) is 7. The summed E-state index contributed by atoms with van der Waals surface area (Å²) < 4.78 is 12.7. The molecule has 8 nitrogen and oxygen atoms in total. The van der Waals surface area contributed by atoms with Gasteiger partial charge in [0, 0.05) is 25.3 Å². The van der Waals surface area contributed by atoms with Gasteiger partial charge in [0.25, 0.3) is 0 Å². The smallest absolute Gasteiger partial charge is 0.232 e. The van der Waals surface area contributed by atoms with Gasteiger partial charge in [-0.2, -0.15) is 0 Å². The molecule has 2 aromatic carbocycles. The Kier molecular flexibility index (Phi) is 4.73. The fraction of sp³-hybridized carbons (Fsp3) is 0.250. The Hall–Kier alpha value is -3.20. The largest absolute Gasteiger partial charge is 0.454 e. The zero-order valence-electron chi connectivity index (χ0n) is 15.6. The molecule has 148 valence electrons. The van der Waals surface area contributed by atoms with Crippen LogP contribution in [0.4, 0.5) is 11.6 Å². The van der Waals surface area contributed by atoms with E-state index in [1.54, 1.807) is 0 Å². The summed E-state index contributed by atoms with van der Waals surface area (Å²) in [6.07, 6.45) is 0. The molecule has 1 amide bonds. The highest BCUT2D eigenvalue weighted by molar-refractivity contribution is 7.99. The Morgan fingerprint density at radius 2 is 1.93 bits per heavy atom. The molecule has 5 rings (SSSR count). The van der Waals surface area contributed by atoms with Crippen molar-refractivity contribution in [1.82, 2.24) is 20.1 Å². The van der Waals surface area contributed by atoms with Gasteiger partial charge in [0.2, 0.25) is 18.6 Å². The first-order chi connectivity index (χ1) is 14.3. The van der Waals surface area contributed by atoms with Crippen LogP contribution >= 0.6 is 11.8 Å². The summed E-state index contributed by atoms with van der Waals surface area (Å²) in [5.74, 6) is 2.50. The van der Waals surface area contributed by atoms with Gasteiger partial charge in [-0.05, 0) is 29.8 Å². The number of nitrogens with zero attached hydrogens (tertiary/aromatic N) is 4. The molecule has 0 saturated carbocycles. The number of anilines is 2. The molecular formula is C20H19N5O3S. The summed E-state index contributed by atoms with van der Waals surface area (Å²) in [6, 6.07) is 15.8. The number of para-hydroxylation sites is 1. The number of thioether (sulfide) groups is 1. The van der Waals surface area contributed by atoms with E-state index in [0.717, 1.165) is 41.2 Å². The molecule has 0 saturated heterocycles. The van der Waals surface area contributed by atoms with E-state index < -0.39 is 0 Å².